The predicted octanol–water partition coefficient (Wildman–Crippen LogP) is 4.30. The van der Waals surface area contributed by atoms with Crippen molar-refractivity contribution in [2.24, 2.45) is 0 Å². The molecule has 0 aromatic heterocycles. The van der Waals surface area contributed by atoms with E-state index in [9.17, 15) is 4.79 Å². The third kappa shape index (κ3) is 10.3. The van der Waals surface area contributed by atoms with Crippen LogP contribution < -0.4 is 0 Å². The molecule has 3 heteroatoms. The lowest BCUT2D eigenvalue weighted by atomic mass is 10.1. The quantitative estimate of drug-likeness (QED) is 0.327. The Labute approximate surface area is 105 Å². The lowest BCUT2D eigenvalue weighted by molar-refractivity contribution is -0.140. The molecule has 0 fully saturated rings. The van der Waals surface area contributed by atoms with Crippen LogP contribution in [-0.2, 0) is 9.53 Å². The van der Waals surface area contributed by atoms with Gasteiger partial charge in [-0.2, -0.15) is 0 Å². The number of unbranched alkanes of at least 4 members (excludes halogenated alkanes) is 5. The van der Waals surface area contributed by atoms with E-state index >= 15 is 0 Å². The molecule has 0 bridgehead atoms. The summed E-state index contributed by atoms with van der Waals surface area (Å²) in [6.45, 7) is 2.22. The first-order valence-corrected chi connectivity index (χ1v) is 6.85. The van der Waals surface area contributed by atoms with Crippen molar-refractivity contribution in [1.82, 2.24) is 0 Å². The van der Waals surface area contributed by atoms with Gasteiger partial charge in [-0.3, -0.25) is 4.79 Å². The van der Waals surface area contributed by atoms with Crippen LogP contribution in [0.4, 0.5) is 0 Å². The monoisotopic (exact) mass is 248 g/mol. The van der Waals surface area contributed by atoms with Crippen LogP contribution in [0.1, 0.15) is 64.7 Å². The van der Waals surface area contributed by atoms with Gasteiger partial charge >= 0.3 is 5.97 Å². The second kappa shape index (κ2) is 11.3. The van der Waals surface area contributed by atoms with Crippen molar-refractivity contribution in [1.29, 1.82) is 0 Å². The third-order valence-electron chi connectivity index (χ3n) is 2.76. The van der Waals surface area contributed by atoms with Crippen LogP contribution in [0, 0.1) is 0 Å². The minimum Gasteiger partial charge on any atom is -0.469 e. The Morgan fingerprint density at radius 2 is 1.75 bits per heavy atom. The SMILES string of the molecule is CCCCCCCCC(Cl)CCC(=O)OC. The third-order valence-corrected chi connectivity index (χ3v) is 3.20. The molecule has 0 N–H and O–H groups in total. The molecular formula is C13H25ClO2. The topological polar surface area (TPSA) is 26.3 Å². The molecule has 2 nitrogen and oxygen atoms in total. The lowest BCUT2D eigenvalue weighted by Crippen LogP contribution is -2.05. The van der Waals surface area contributed by atoms with E-state index in [-0.39, 0.29) is 11.3 Å². The number of ether oxygens (including phenoxy) is 1. The van der Waals surface area contributed by atoms with Crippen molar-refractivity contribution in [2.75, 3.05) is 7.11 Å². The normalized spacial score (nSPS) is 12.4. The molecule has 0 aliphatic carbocycles. The smallest absolute Gasteiger partial charge is 0.305 e. The zero-order valence-corrected chi connectivity index (χ0v) is 11.4. The van der Waals surface area contributed by atoms with Crippen LogP contribution in [0.25, 0.3) is 0 Å². The summed E-state index contributed by atoms with van der Waals surface area (Å²) in [5, 5.41) is 0.130. The number of esters is 1. The molecule has 0 heterocycles. The zero-order chi connectivity index (χ0) is 12.2. The fourth-order valence-electron chi connectivity index (χ4n) is 1.67. The summed E-state index contributed by atoms with van der Waals surface area (Å²) in [7, 11) is 1.42. The number of halogens is 1. The number of alkyl halides is 1. The Bertz CT molecular complexity index is 171. The fraction of sp³-hybridized carbons (Fsp3) is 0.923. The van der Waals surface area contributed by atoms with Gasteiger partial charge in [0.25, 0.3) is 0 Å². The summed E-state index contributed by atoms with van der Waals surface area (Å²) in [6.07, 6.45) is 9.93. The van der Waals surface area contributed by atoms with E-state index in [0.717, 1.165) is 12.8 Å². The first-order chi connectivity index (χ1) is 7.70. The van der Waals surface area contributed by atoms with Gasteiger partial charge in [-0.1, -0.05) is 45.4 Å². The summed E-state index contributed by atoms with van der Waals surface area (Å²) < 4.78 is 4.57. The zero-order valence-electron chi connectivity index (χ0n) is 10.6. The van der Waals surface area contributed by atoms with E-state index in [2.05, 4.69) is 11.7 Å². The van der Waals surface area contributed by atoms with Crippen LogP contribution in [-0.4, -0.2) is 18.5 Å². The van der Waals surface area contributed by atoms with Gasteiger partial charge in [0.15, 0.2) is 0 Å². The van der Waals surface area contributed by atoms with Gasteiger partial charge in [-0.05, 0) is 12.8 Å². The van der Waals surface area contributed by atoms with Crippen LogP contribution in [0.5, 0.6) is 0 Å². The molecule has 0 aliphatic heterocycles. The van der Waals surface area contributed by atoms with Crippen LogP contribution in [0.15, 0.2) is 0 Å². The highest BCUT2D eigenvalue weighted by Gasteiger charge is 2.08. The summed E-state index contributed by atoms with van der Waals surface area (Å²) in [4.78, 5) is 10.9. The molecule has 16 heavy (non-hydrogen) atoms. The maximum absolute atomic E-state index is 10.9. The molecule has 0 rings (SSSR count). The Morgan fingerprint density at radius 1 is 1.12 bits per heavy atom. The second-order valence-corrected chi connectivity index (χ2v) is 4.89. The summed E-state index contributed by atoms with van der Waals surface area (Å²) in [5.41, 5.74) is 0. The Kier molecular flexibility index (Phi) is 11.1. The number of hydrogen-bond donors (Lipinski definition) is 0. The summed E-state index contributed by atoms with van der Waals surface area (Å²) in [5.74, 6) is -0.159. The number of rotatable bonds is 10. The Balaban J connectivity index is 3.23. The van der Waals surface area contributed by atoms with E-state index in [0.29, 0.717) is 6.42 Å². The molecule has 0 aliphatic rings. The molecule has 0 aromatic rings. The molecule has 0 saturated heterocycles. The van der Waals surface area contributed by atoms with Crippen molar-refractivity contribution in [3.05, 3.63) is 0 Å². The first-order valence-electron chi connectivity index (χ1n) is 6.41. The van der Waals surface area contributed by atoms with E-state index in [1.54, 1.807) is 0 Å². The van der Waals surface area contributed by atoms with Crippen molar-refractivity contribution >= 4 is 17.6 Å². The van der Waals surface area contributed by atoms with E-state index in [1.165, 1.54) is 45.6 Å². The van der Waals surface area contributed by atoms with Crippen LogP contribution in [0.3, 0.4) is 0 Å². The summed E-state index contributed by atoms with van der Waals surface area (Å²) in [6, 6.07) is 0. The molecule has 0 aromatic carbocycles. The van der Waals surface area contributed by atoms with E-state index < -0.39 is 0 Å². The molecule has 0 spiro atoms. The minimum atomic E-state index is -0.159. The number of carbonyl (C=O) groups is 1. The molecule has 1 atom stereocenters. The molecule has 0 radical (unpaired) electrons. The maximum atomic E-state index is 10.9. The lowest BCUT2D eigenvalue weighted by Gasteiger charge is -2.08. The Morgan fingerprint density at radius 3 is 2.38 bits per heavy atom. The molecule has 96 valence electrons. The summed E-state index contributed by atoms with van der Waals surface area (Å²) >= 11 is 6.11. The highest BCUT2D eigenvalue weighted by Crippen LogP contribution is 2.15. The molecule has 0 amide bonds. The molecule has 0 saturated carbocycles. The minimum absolute atomic E-state index is 0.130. The van der Waals surface area contributed by atoms with Crippen molar-refractivity contribution in [2.45, 2.75) is 70.1 Å². The van der Waals surface area contributed by atoms with Gasteiger partial charge in [-0.15, -0.1) is 11.6 Å². The standard InChI is InChI=1S/C13H25ClO2/c1-3-4-5-6-7-8-9-12(14)10-11-13(15)16-2/h12H,3-11H2,1-2H3. The number of methoxy groups -OCH3 is 1. The van der Waals surface area contributed by atoms with Gasteiger partial charge in [0.05, 0.1) is 7.11 Å². The average Bonchev–Trinajstić information content (AvgIpc) is 2.30. The maximum Gasteiger partial charge on any atom is 0.305 e. The highest BCUT2D eigenvalue weighted by molar-refractivity contribution is 6.20. The van der Waals surface area contributed by atoms with Gasteiger partial charge < -0.3 is 4.74 Å². The van der Waals surface area contributed by atoms with Gasteiger partial charge in [0, 0.05) is 11.8 Å². The second-order valence-electron chi connectivity index (χ2n) is 4.27. The van der Waals surface area contributed by atoms with Crippen LogP contribution >= 0.6 is 11.6 Å². The van der Waals surface area contributed by atoms with Crippen molar-refractivity contribution < 1.29 is 9.53 Å². The average molecular weight is 249 g/mol. The van der Waals surface area contributed by atoms with Crippen molar-refractivity contribution in [3.8, 4) is 0 Å². The first kappa shape index (κ1) is 15.8. The highest BCUT2D eigenvalue weighted by atomic mass is 35.5. The molecule has 1 unspecified atom stereocenters. The van der Waals surface area contributed by atoms with Gasteiger partial charge in [-0.25, -0.2) is 0 Å². The van der Waals surface area contributed by atoms with Crippen LogP contribution in [0.2, 0.25) is 0 Å². The fourth-order valence-corrected chi connectivity index (χ4v) is 1.93. The number of hydrogen-bond acceptors (Lipinski definition) is 2. The molecular weight excluding hydrogens is 224 g/mol. The van der Waals surface area contributed by atoms with Gasteiger partial charge in [0.2, 0.25) is 0 Å². The van der Waals surface area contributed by atoms with E-state index in [1.807, 2.05) is 0 Å². The predicted molar refractivity (Wildman–Crippen MR) is 68.9 cm³/mol. The van der Waals surface area contributed by atoms with Crippen molar-refractivity contribution in [3.63, 3.8) is 0 Å². The number of carbonyl (C=O) groups excluding carboxylic acids is 1. The van der Waals surface area contributed by atoms with Gasteiger partial charge in [0.1, 0.15) is 0 Å². The Hall–Kier alpha value is -0.240. The largest absolute Gasteiger partial charge is 0.469 e. The van der Waals surface area contributed by atoms with E-state index in [4.69, 9.17) is 11.6 Å².